The van der Waals surface area contributed by atoms with Crippen molar-refractivity contribution in [3.05, 3.63) is 63.1 Å². The second-order valence-corrected chi connectivity index (χ2v) is 9.11. The maximum absolute atomic E-state index is 12.9. The van der Waals surface area contributed by atoms with Crippen molar-refractivity contribution in [2.24, 2.45) is 0 Å². The fraction of sp³-hybridized carbons (Fsp3) is 0.375. The highest BCUT2D eigenvalue weighted by Crippen LogP contribution is 2.36. The van der Waals surface area contributed by atoms with Crippen LogP contribution in [-0.2, 0) is 11.3 Å². The molecule has 2 aromatic rings. The van der Waals surface area contributed by atoms with Gasteiger partial charge in [-0.25, -0.2) is 0 Å². The van der Waals surface area contributed by atoms with Crippen LogP contribution in [0.25, 0.3) is 6.08 Å². The van der Waals surface area contributed by atoms with Gasteiger partial charge in [-0.15, -0.1) is 0 Å². The first-order valence-electron chi connectivity index (χ1n) is 10.2. The first-order valence-corrected chi connectivity index (χ1v) is 11.4. The molecule has 0 saturated carbocycles. The van der Waals surface area contributed by atoms with Gasteiger partial charge in [-0.1, -0.05) is 23.7 Å². The lowest BCUT2D eigenvalue weighted by molar-refractivity contribution is -0.131. The largest absolute Gasteiger partial charge is 0.493 e. The summed E-state index contributed by atoms with van der Waals surface area (Å²) >= 11 is 9.49. The molecule has 1 fully saturated rings. The zero-order valence-electron chi connectivity index (χ0n) is 18.3. The molecule has 31 heavy (non-hydrogen) atoms. The highest BCUT2D eigenvalue weighted by Gasteiger charge is 2.31. The maximum Gasteiger partial charge on any atom is 0.246 e. The molecule has 0 unspecified atom stereocenters. The number of piperazine rings is 1. The summed E-state index contributed by atoms with van der Waals surface area (Å²) in [4.78, 5) is 17.3. The predicted octanol–water partition coefficient (Wildman–Crippen LogP) is 5.25. The fourth-order valence-electron chi connectivity index (χ4n) is 3.85. The van der Waals surface area contributed by atoms with Crippen LogP contribution in [0.15, 0.2) is 46.9 Å². The van der Waals surface area contributed by atoms with Crippen molar-refractivity contribution < 1.29 is 14.3 Å². The van der Waals surface area contributed by atoms with E-state index in [9.17, 15) is 4.79 Å². The summed E-state index contributed by atoms with van der Waals surface area (Å²) in [6.45, 7) is 6.62. The van der Waals surface area contributed by atoms with E-state index in [-0.39, 0.29) is 18.0 Å². The second-order valence-electron chi connectivity index (χ2n) is 7.82. The summed E-state index contributed by atoms with van der Waals surface area (Å²) in [7, 11) is 3.19. The molecule has 1 amide bonds. The van der Waals surface area contributed by atoms with Crippen LogP contribution in [0.1, 0.15) is 25.0 Å². The zero-order chi connectivity index (χ0) is 22.5. The number of halogens is 2. The van der Waals surface area contributed by atoms with Crippen LogP contribution >= 0.6 is 27.5 Å². The molecule has 1 aliphatic rings. The lowest BCUT2D eigenvalue weighted by Gasteiger charge is -2.44. The molecule has 0 bridgehead atoms. The second kappa shape index (κ2) is 10.5. The Kier molecular flexibility index (Phi) is 8.03. The van der Waals surface area contributed by atoms with Crippen molar-refractivity contribution >= 4 is 39.5 Å². The molecule has 1 heterocycles. The summed E-state index contributed by atoms with van der Waals surface area (Å²) in [5.41, 5.74) is 2.09. The van der Waals surface area contributed by atoms with E-state index >= 15 is 0 Å². The van der Waals surface area contributed by atoms with Crippen LogP contribution in [0.2, 0.25) is 5.02 Å². The minimum Gasteiger partial charge on any atom is -0.493 e. The van der Waals surface area contributed by atoms with Crippen molar-refractivity contribution in [3.63, 3.8) is 0 Å². The monoisotopic (exact) mass is 506 g/mol. The molecule has 2 atom stereocenters. The van der Waals surface area contributed by atoms with Crippen LogP contribution in [0.4, 0.5) is 0 Å². The summed E-state index contributed by atoms with van der Waals surface area (Å²) in [5, 5.41) is 0.744. The van der Waals surface area contributed by atoms with Crippen molar-refractivity contribution in [1.82, 2.24) is 9.80 Å². The molecule has 0 spiro atoms. The minimum atomic E-state index is 0.0106. The third kappa shape index (κ3) is 5.82. The molecule has 0 aromatic heterocycles. The number of carbonyl (C=O) groups excluding carboxylic acids is 1. The van der Waals surface area contributed by atoms with E-state index < -0.39 is 0 Å². The Morgan fingerprint density at radius 2 is 1.84 bits per heavy atom. The number of rotatable bonds is 6. The van der Waals surface area contributed by atoms with Gasteiger partial charge in [0, 0.05) is 42.8 Å². The maximum atomic E-state index is 12.9. The van der Waals surface area contributed by atoms with Crippen molar-refractivity contribution in [2.45, 2.75) is 32.5 Å². The summed E-state index contributed by atoms with van der Waals surface area (Å²) in [6.07, 6.45) is 3.44. The smallest absolute Gasteiger partial charge is 0.246 e. The van der Waals surface area contributed by atoms with Gasteiger partial charge in [0.15, 0.2) is 11.5 Å². The number of hydrogen-bond acceptors (Lipinski definition) is 4. The van der Waals surface area contributed by atoms with Gasteiger partial charge in [0.2, 0.25) is 5.91 Å². The van der Waals surface area contributed by atoms with E-state index in [4.69, 9.17) is 21.1 Å². The Morgan fingerprint density at radius 1 is 1.13 bits per heavy atom. The van der Waals surface area contributed by atoms with Crippen LogP contribution in [0, 0.1) is 0 Å². The standard InChI is InChI=1S/C24H28BrClN2O3/c1-16-14-28(17(2)13-27(16)15-18-5-8-20(26)9-6-18)23(29)10-7-19-11-21(25)24(31-4)22(12-19)30-3/h5-12,16-17H,13-15H2,1-4H3/t16-,17+/m1/s1. The Balaban J connectivity index is 1.66. The molecule has 1 saturated heterocycles. The Morgan fingerprint density at radius 3 is 2.48 bits per heavy atom. The summed E-state index contributed by atoms with van der Waals surface area (Å²) < 4.78 is 11.5. The van der Waals surface area contributed by atoms with Crippen LogP contribution in [0.5, 0.6) is 11.5 Å². The van der Waals surface area contributed by atoms with Crippen molar-refractivity contribution in [3.8, 4) is 11.5 Å². The number of ether oxygens (including phenoxy) is 2. The molecular weight excluding hydrogens is 480 g/mol. The molecule has 3 rings (SSSR count). The van der Waals surface area contributed by atoms with Gasteiger partial charge in [0.25, 0.3) is 0 Å². The van der Waals surface area contributed by atoms with E-state index in [1.165, 1.54) is 5.56 Å². The highest BCUT2D eigenvalue weighted by atomic mass is 79.9. The van der Waals surface area contributed by atoms with Gasteiger partial charge in [-0.3, -0.25) is 9.69 Å². The number of amides is 1. The lowest BCUT2D eigenvalue weighted by Crippen LogP contribution is -2.57. The topological polar surface area (TPSA) is 42.0 Å². The third-order valence-corrected chi connectivity index (χ3v) is 6.41. The van der Waals surface area contributed by atoms with E-state index in [1.54, 1.807) is 20.3 Å². The molecule has 0 aliphatic carbocycles. The molecule has 1 aliphatic heterocycles. The average molecular weight is 508 g/mol. The third-order valence-electron chi connectivity index (χ3n) is 5.57. The molecule has 5 nitrogen and oxygen atoms in total. The normalized spacial score (nSPS) is 19.6. The first kappa shape index (κ1) is 23.6. The van der Waals surface area contributed by atoms with Gasteiger partial charge in [-0.05, 0) is 71.2 Å². The Labute approximate surface area is 197 Å². The van der Waals surface area contributed by atoms with E-state index in [0.717, 1.165) is 28.1 Å². The van der Waals surface area contributed by atoms with E-state index in [1.807, 2.05) is 35.2 Å². The van der Waals surface area contributed by atoms with Gasteiger partial charge in [-0.2, -0.15) is 0 Å². The molecule has 7 heteroatoms. The van der Waals surface area contributed by atoms with E-state index in [0.29, 0.717) is 18.0 Å². The van der Waals surface area contributed by atoms with Crippen molar-refractivity contribution in [1.29, 1.82) is 0 Å². The number of nitrogens with zero attached hydrogens (tertiary/aromatic N) is 2. The summed E-state index contributed by atoms with van der Waals surface area (Å²) in [6, 6.07) is 12.1. The molecule has 2 aromatic carbocycles. The van der Waals surface area contributed by atoms with Gasteiger partial charge >= 0.3 is 0 Å². The van der Waals surface area contributed by atoms with Crippen molar-refractivity contribution in [2.75, 3.05) is 27.3 Å². The van der Waals surface area contributed by atoms with Crippen LogP contribution in [-0.4, -0.2) is 55.1 Å². The molecule has 0 radical (unpaired) electrons. The van der Waals surface area contributed by atoms with Crippen LogP contribution < -0.4 is 9.47 Å². The lowest BCUT2D eigenvalue weighted by atomic mass is 10.1. The average Bonchev–Trinajstić information content (AvgIpc) is 2.75. The zero-order valence-corrected chi connectivity index (χ0v) is 20.6. The van der Waals surface area contributed by atoms with Gasteiger partial charge in [0.05, 0.1) is 18.7 Å². The van der Waals surface area contributed by atoms with Crippen LogP contribution in [0.3, 0.4) is 0 Å². The fourth-order valence-corrected chi connectivity index (χ4v) is 4.59. The predicted molar refractivity (Wildman–Crippen MR) is 129 cm³/mol. The quantitative estimate of drug-likeness (QED) is 0.501. The highest BCUT2D eigenvalue weighted by molar-refractivity contribution is 9.10. The Hall–Kier alpha value is -2.02. The number of carbonyl (C=O) groups is 1. The number of methoxy groups -OCH3 is 2. The number of hydrogen-bond donors (Lipinski definition) is 0. The number of benzene rings is 2. The molecule has 0 N–H and O–H groups in total. The molecule has 166 valence electrons. The summed E-state index contributed by atoms with van der Waals surface area (Å²) in [5.74, 6) is 1.25. The minimum absolute atomic E-state index is 0.0106. The first-order chi connectivity index (χ1) is 14.8. The van der Waals surface area contributed by atoms with Gasteiger partial charge in [0.1, 0.15) is 0 Å². The van der Waals surface area contributed by atoms with Gasteiger partial charge < -0.3 is 14.4 Å². The Bertz CT molecular complexity index is 949. The molecular formula is C24H28BrClN2O3. The SMILES string of the molecule is COc1cc(C=CC(=O)N2C[C@@H](C)N(Cc3ccc(Cl)cc3)C[C@@H]2C)cc(Br)c1OC. The van der Waals surface area contributed by atoms with E-state index in [2.05, 4.69) is 46.8 Å².